The lowest BCUT2D eigenvalue weighted by molar-refractivity contribution is -0.277. The third-order valence-electron chi connectivity index (χ3n) is 5.35. The van der Waals surface area contributed by atoms with Crippen molar-refractivity contribution in [3.8, 4) is 34.5 Å². The highest BCUT2D eigenvalue weighted by atomic mass is 16.7. The van der Waals surface area contributed by atoms with E-state index >= 15 is 0 Å². The monoisotopic (exact) mass is 496 g/mol. The number of aromatic hydroxyl groups is 1. The smallest absolute Gasteiger partial charge is 0.338 e. The van der Waals surface area contributed by atoms with Gasteiger partial charge >= 0.3 is 5.97 Å². The molecule has 0 bridgehead atoms. The van der Waals surface area contributed by atoms with Crippen molar-refractivity contribution in [2.24, 2.45) is 0 Å². The number of aliphatic hydroxyl groups is 3. The number of hydrogen-bond donors (Lipinski definition) is 4. The first-order valence-electron chi connectivity index (χ1n) is 10.4. The Balaban J connectivity index is 1.73. The number of esters is 1. The van der Waals surface area contributed by atoms with Crippen LogP contribution in [-0.4, -0.2) is 92.1 Å². The van der Waals surface area contributed by atoms with Gasteiger partial charge in [0.1, 0.15) is 36.8 Å². The molecule has 2 aromatic rings. The van der Waals surface area contributed by atoms with Crippen molar-refractivity contribution in [1.82, 2.24) is 0 Å². The van der Waals surface area contributed by atoms with Gasteiger partial charge in [-0.2, -0.15) is 0 Å². The second-order valence-electron chi connectivity index (χ2n) is 7.48. The molecule has 12 nitrogen and oxygen atoms in total. The maximum Gasteiger partial charge on any atom is 0.338 e. The van der Waals surface area contributed by atoms with Crippen LogP contribution < -0.4 is 23.7 Å². The highest BCUT2D eigenvalue weighted by Crippen LogP contribution is 2.41. The Morgan fingerprint density at radius 3 is 2.06 bits per heavy atom. The molecule has 192 valence electrons. The van der Waals surface area contributed by atoms with Crippen LogP contribution in [0.5, 0.6) is 34.5 Å². The molecule has 2 aromatic carbocycles. The predicted octanol–water partition coefficient (Wildman–Crippen LogP) is 0.470. The highest BCUT2D eigenvalue weighted by Gasteiger charge is 2.45. The lowest BCUT2D eigenvalue weighted by Gasteiger charge is -2.40. The van der Waals surface area contributed by atoms with E-state index in [1.54, 1.807) is 0 Å². The molecule has 1 heterocycles. The van der Waals surface area contributed by atoms with E-state index in [0.717, 1.165) is 0 Å². The van der Waals surface area contributed by atoms with Crippen LogP contribution in [0.4, 0.5) is 0 Å². The first-order chi connectivity index (χ1) is 16.7. The van der Waals surface area contributed by atoms with Crippen molar-refractivity contribution >= 4 is 5.97 Å². The van der Waals surface area contributed by atoms with Crippen LogP contribution in [0.1, 0.15) is 10.4 Å². The van der Waals surface area contributed by atoms with Crippen LogP contribution in [0.25, 0.3) is 0 Å². The number of phenolic OH excluding ortho intramolecular Hbond substituents is 1. The van der Waals surface area contributed by atoms with Gasteiger partial charge in [-0.15, -0.1) is 0 Å². The fourth-order valence-electron chi connectivity index (χ4n) is 3.46. The van der Waals surface area contributed by atoms with Gasteiger partial charge in [0.2, 0.25) is 12.0 Å². The highest BCUT2D eigenvalue weighted by molar-refractivity contribution is 5.90. The van der Waals surface area contributed by atoms with Crippen LogP contribution in [0.3, 0.4) is 0 Å². The molecule has 1 aliphatic rings. The van der Waals surface area contributed by atoms with E-state index in [0.29, 0.717) is 5.75 Å². The van der Waals surface area contributed by atoms with E-state index in [1.165, 1.54) is 58.8 Å². The van der Waals surface area contributed by atoms with E-state index in [9.17, 15) is 25.2 Å². The molecule has 1 aliphatic heterocycles. The number of rotatable bonds is 9. The average Bonchev–Trinajstić information content (AvgIpc) is 2.87. The third-order valence-corrected chi connectivity index (χ3v) is 5.35. The Labute approximate surface area is 201 Å². The maximum atomic E-state index is 12.4. The summed E-state index contributed by atoms with van der Waals surface area (Å²) in [5, 5.41) is 40.7. The van der Waals surface area contributed by atoms with Gasteiger partial charge in [-0.1, -0.05) is 0 Å². The molecular weight excluding hydrogens is 468 g/mol. The lowest BCUT2D eigenvalue weighted by atomic mass is 9.99. The Kier molecular flexibility index (Phi) is 8.46. The Hall–Kier alpha value is -3.45. The largest absolute Gasteiger partial charge is 0.504 e. The minimum Gasteiger partial charge on any atom is -0.504 e. The molecule has 0 aromatic heterocycles. The predicted molar refractivity (Wildman–Crippen MR) is 118 cm³/mol. The molecule has 4 N–H and O–H groups in total. The van der Waals surface area contributed by atoms with Crippen LogP contribution in [-0.2, 0) is 9.47 Å². The summed E-state index contributed by atoms with van der Waals surface area (Å²) < 4.78 is 37.2. The van der Waals surface area contributed by atoms with Gasteiger partial charge in [0, 0.05) is 12.1 Å². The second-order valence-corrected chi connectivity index (χ2v) is 7.48. The molecule has 5 atom stereocenters. The van der Waals surface area contributed by atoms with Crippen molar-refractivity contribution < 1.29 is 58.4 Å². The molecule has 0 spiro atoms. The number of hydrogen-bond acceptors (Lipinski definition) is 12. The number of aliphatic hydroxyl groups excluding tert-OH is 3. The van der Waals surface area contributed by atoms with Crippen molar-refractivity contribution in [1.29, 1.82) is 0 Å². The van der Waals surface area contributed by atoms with Gasteiger partial charge in [0.25, 0.3) is 0 Å². The number of carbonyl (C=O) groups excluding carboxylic acids is 1. The van der Waals surface area contributed by atoms with E-state index in [2.05, 4.69) is 0 Å². The first kappa shape index (κ1) is 26.2. The van der Waals surface area contributed by atoms with Gasteiger partial charge in [0.05, 0.1) is 34.0 Å². The van der Waals surface area contributed by atoms with E-state index in [1.807, 2.05) is 0 Å². The van der Waals surface area contributed by atoms with Crippen molar-refractivity contribution in [2.75, 3.05) is 35.0 Å². The number of methoxy groups -OCH3 is 4. The van der Waals surface area contributed by atoms with Crippen molar-refractivity contribution in [2.45, 2.75) is 30.7 Å². The molecular formula is C23H28O12. The summed E-state index contributed by atoms with van der Waals surface area (Å²) in [5.41, 5.74) is 0.0794. The Bertz CT molecular complexity index is 1000. The SMILES string of the molecule is COc1cc(C(=O)OCC2OC(Oc3cc(OC)c(OC)c(OC)c3)C(O)C(O)C2O)ccc1O. The Morgan fingerprint density at radius 2 is 1.49 bits per heavy atom. The summed E-state index contributed by atoms with van der Waals surface area (Å²) in [6, 6.07) is 6.80. The van der Waals surface area contributed by atoms with Gasteiger partial charge in [-0.25, -0.2) is 4.79 Å². The van der Waals surface area contributed by atoms with Crippen LogP contribution >= 0.6 is 0 Å². The van der Waals surface area contributed by atoms with Gasteiger partial charge < -0.3 is 53.6 Å². The summed E-state index contributed by atoms with van der Waals surface area (Å²) in [4.78, 5) is 12.4. The molecule has 5 unspecified atom stereocenters. The van der Waals surface area contributed by atoms with Gasteiger partial charge in [0.15, 0.2) is 23.0 Å². The summed E-state index contributed by atoms with van der Waals surface area (Å²) in [6.07, 6.45) is -7.53. The quantitative estimate of drug-likeness (QED) is 0.356. The summed E-state index contributed by atoms with van der Waals surface area (Å²) in [7, 11) is 5.60. The summed E-state index contributed by atoms with van der Waals surface area (Å²) >= 11 is 0. The number of ether oxygens (including phenoxy) is 7. The zero-order valence-corrected chi connectivity index (χ0v) is 19.5. The molecule has 0 saturated carbocycles. The zero-order valence-electron chi connectivity index (χ0n) is 19.5. The van der Waals surface area contributed by atoms with Crippen LogP contribution in [0, 0.1) is 0 Å². The second kappa shape index (κ2) is 11.3. The lowest BCUT2D eigenvalue weighted by Crippen LogP contribution is -2.60. The Morgan fingerprint density at radius 1 is 0.857 bits per heavy atom. The van der Waals surface area contributed by atoms with Crippen LogP contribution in [0.2, 0.25) is 0 Å². The molecule has 1 saturated heterocycles. The normalized spacial score (nSPS) is 23.8. The molecule has 12 heteroatoms. The average molecular weight is 496 g/mol. The van der Waals surface area contributed by atoms with Gasteiger partial charge in [-0.3, -0.25) is 0 Å². The van der Waals surface area contributed by atoms with E-state index < -0.39 is 43.3 Å². The number of carbonyl (C=O) groups is 1. The number of benzene rings is 2. The van der Waals surface area contributed by atoms with E-state index in [-0.39, 0.29) is 34.3 Å². The first-order valence-corrected chi connectivity index (χ1v) is 10.4. The fraction of sp³-hybridized carbons (Fsp3) is 0.435. The van der Waals surface area contributed by atoms with Crippen LogP contribution in [0.15, 0.2) is 30.3 Å². The molecule has 0 aliphatic carbocycles. The van der Waals surface area contributed by atoms with Gasteiger partial charge in [-0.05, 0) is 18.2 Å². The molecule has 3 rings (SSSR count). The van der Waals surface area contributed by atoms with Crippen molar-refractivity contribution in [3.05, 3.63) is 35.9 Å². The summed E-state index contributed by atoms with van der Waals surface area (Å²) in [6.45, 7) is -0.470. The van der Waals surface area contributed by atoms with Crippen molar-refractivity contribution in [3.63, 3.8) is 0 Å². The topological polar surface area (TPSA) is 163 Å². The molecule has 0 amide bonds. The minimum absolute atomic E-state index is 0.0748. The van der Waals surface area contributed by atoms with E-state index in [4.69, 9.17) is 33.2 Å². The molecule has 1 fully saturated rings. The standard InChI is InChI=1S/C23H28O12/c1-29-14-7-11(5-6-13(14)24)22(28)33-10-17-18(25)19(26)20(27)23(35-17)34-12-8-15(30-2)21(32-4)16(9-12)31-3/h5-9,17-20,23-27H,10H2,1-4H3. The third kappa shape index (κ3) is 5.62. The minimum atomic E-state index is -1.66. The number of phenols is 1. The molecule has 0 radical (unpaired) electrons. The maximum absolute atomic E-state index is 12.4. The zero-order chi connectivity index (χ0) is 25.7. The summed E-state index contributed by atoms with van der Waals surface area (Å²) in [5.74, 6) is 0.161. The fourth-order valence-corrected chi connectivity index (χ4v) is 3.46. The molecule has 35 heavy (non-hydrogen) atoms.